The van der Waals surface area contributed by atoms with E-state index < -0.39 is 0 Å². The summed E-state index contributed by atoms with van der Waals surface area (Å²) in [5.41, 5.74) is 2.23. The molecule has 1 N–H and O–H groups in total. The lowest BCUT2D eigenvalue weighted by atomic mass is 10.1. The predicted molar refractivity (Wildman–Crippen MR) is 76.6 cm³/mol. The summed E-state index contributed by atoms with van der Waals surface area (Å²) < 4.78 is 5.41. The number of rotatable bonds is 7. The molecule has 0 spiro atoms. The van der Waals surface area contributed by atoms with Gasteiger partial charge >= 0.3 is 0 Å². The third-order valence-corrected chi connectivity index (χ3v) is 3.74. The van der Waals surface area contributed by atoms with Crippen molar-refractivity contribution in [2.45, 2.75) is 38.2 Å². The second-order valence-corrected chi connectivity index (χ2v) is 5.10. The minimum atomic E-state index is -0.114. The highest BCUT2D eigenvalue weighted by atomic mass is 79.9. The van der Waals surface area contributed by atoms with E-state index in [4.69, 9.17) is 4.74 Å². The molecule has 0 bridgehead atoms. The molecule has 4 heteroatoms. The summed E-state index contributed by atoms with van der Waals surface area (Å²) in [6, 6.07) is 8.01. The number of ether oxygens (including phenoxy) is 1. The van der Waals surface area contributed by atoms with Gasteiger partial charge in [0.15, 0.2) is 0 Å². The summed E-state index contributed by atoms with van der Waals surface area (Å²) in [4.78, 5) is 11.6. The van der Waals surface area contributed by atoms with Crippen LogP contribution >= 0.6 is 15.9 Å². The Balaban J connectivity index is 2.58. The van der Waals surface area contributed by atoms with E-state index in [0.29, 0.717) is 19.8 Å². The van der Waals surface area contributed by atoms with Crippen molar-refractivity contribution in [2.75, 3.05) is 6.61 Å². The summed E-state index contributed by atoms with van der Waals surface area (Å²) in [6.45, 7) is 5.78. The maximum atomic E-state index is 11.7. The topological polar surface area (TPSA) is 38.3 Å². The van der Waals surface area contributed by atoms with Gasteiger partial charge in [-0.05, 0) is 24.5 Å². The standard InChI is InChI=1S/C14H20BrNO2/c1-3-13(15)14(17)16-9-11-7-5-6-8-12(11)10-18-4-2/h5-8,13H,3-4,9-10H2,1-2H3,(H,16,17). The molecule has 0 aliphatic carbocycles. The number of hydrogen-bond acceptors (Lipinski definition) is 2. The van der Waals surface area contributed by atoms with Crippen molar-refractivity contribution in [3.8, 4) is 0 Å². The highest BCUT2D eigenvalue weighted by molar-refractivity contribution is 9.10. The molecule has 0 fully saturated rings. The van der Waals surface area contributed by atoms with Gasteiger partial charge in [0, 0.05) is 13.2 Å². The van der Waals surface area contributed by atoms with Crippen molar-refractivity contribution < 1.29 is 9.53 Å². The van der Waals surface area contributed by atoms with Crippen LogP contribution in [0.2, 0.25) is 0 Å². The molecule has 1 unspecified atom stereocenters. The predicted octanol–water partition coefficient (Wildman–Crippen LogP) is 3.01. The fraction of sp³-hybridized carbons (Fsp3) is 0.500. The van der Waals surface area contributed by atoms with Crippen molar-refractivity contribution in [3.63, 3.8) is 0 Å². The first-order valence-electron chi connectivity index (χ1n) is 6.25. The van der Waals surface area contributed by atoms with Crippen molar-refractivity contribution in [1.82, 2.24) is 5.32 Å². The Hall–Kier alpha value is -0.870. The zero-order valence-electron chi connectivity index (χ0n) is 10.9. The molecule has 1 aromatic rings. The van der Waals surface area contributed by atoms with Crippen molar-refractivity contribution >= 4 is 21.8 Å². The highest BCUT2D eigenvalue weighted by Gasteiger charge is 2.12. The van der Waals surface area contributed by atoms with Crippen LogP contribution in [0.25, 0.3) is 0 Å². The number of alkyl halides is 1. The molecule has 18 heavy (non-hydrogen) atoms. The molecule has 0 heterocycles. The molecule has 1 atom stereocenters. The average Bonchev–Trinajstić information content (AvgIpc) is 2.42. The quantitative estimate of drug-likeness (QED) is 0.786. The Morgan fingerprint density at radius 3 is 2.61 bits per heavy atom. The summed E-state index contributed by atoms with van der Waals surface area (Å²) in [6.07, 6.45) is 0.784. The zero-order valence-corrected chi connectivity index (χ0v) is 12.5. The largest absolute Gasteiger partial charge is 0.377 e. The molecular formula is C14H20BrNO2. The molecule has 0 saturated heterocycles. The molecule has 1 rings (SSSR count). The molecular weight excluding hydrogens is 294 g/mol. The number of hydrogen-bond donors (Lipinski definition) is 1. The van der Waals surface area contributed by atoms with Gasteiger partial charge < -0.3 is 10.1 Å². The van der Waals surface area contributed by atoms with Crippen LogP contribution in [-0.4, -0.2) is 17.3 Å². The van der Waals surface area contributed by atoms with Crippen LogP contribution in [0.5, 0.6) is 0 Å². The van der Waals surface area contributed by atoms with Gasteiger partial charge in [0.2, 0.25) is 5.91 Å². The van der Waals surface area contributed by atoms with E-state index in [0.717, 1.165) is 17.5 Å². The van der Waals surface area contributed by atoms with Gasteiger partial charge in [-0.3, -0.25) is 4.79 Å². The first kappa shape index (κ1) is 15.2. The number of nitrogens with one attached hydrogen (secondary N) is 1. The molecule has 0 radical (unpaired) electrons. The summed E-state index contributed by atoms with van der Waals surface area (Å²) in [5, 5.41) is 2.93. The van der Waals surface area contributed by atoms with Crippen molar-refractivity contribution in [3.05, 3.63) is 35.4 Å². The van der Waals surface area contributed by atoms with Crippen LogP contribution < -0.4 is 5.32 Å². The van der Waals surface area contributed by atoms with Crippen LogP contribution in [-0.2, 0) is 22.7 Å². The van der Waals surface area contributed by atoms with E-state index in [9.17, 15) is 4.79 Å². The van der Waals surface area contributed by atoms with Gasteiger partial charge in [-0.2, -0.15) is 0 Å². The summed E-state index contributed by atoms with van der Waals surface area (Å²) >= 11 is 3.34. The number of benzene rings is 1. The van der Waals surface area contributed by atoms with E-state index in [1.807, 2.05) is 38.1 Å². The number of halogens is 1. The molecule has 0 aliphatic rings. The zero-order chi connectivity index (χ0) is 13.4. The Morgan fingerprint density at radius 1 is 1.33 bits per heavy atom. The first-order chi connectivity index (χ1) is 8.69. The maximum absolute atomic E-state index is 11.7. The van der Waals surface area contributed by atoms with E-state index in [1.54, 1.807) is 0 Å². The van der Waals surface area contributed by atoms with Crippen LogP contribution in [0.1, 0.15) is 31.4 Å². The number of amides is 1. The third-order valence-electron chi connectivity index (χ3n) is 2.68. The minimum Gasteiger partial charge on any atom is -0.377 e. The average molecular weight is 314 g/mol. The normalized spacial score (nSPS) is 12.2. The Bertz CT molecular complexity index is 382. The van der Waals surface area contributed by atoms with Gasteiger partial charge in [-0.15, -0.1) is 0 Å². The molecule has 1 amide bonds. The smallest absolute Gasteiger partial charge is 0.234 e. The molecule has 1 aromatic carbocycles. The second kappa shape index (κ2) is 8.27. The fourth-order valence-electron chi connectivity index (χ4n) is 1.56. The molecule has 0 aliphatic heterocycles. The van der Waals surface area contributed by atoms with E-state index in [1.165, 1.54) is 0 Å². The van der Waals surface area contributed by atoms with Crippen LogP contribution in [0.3, 0.4) is 0 Å². The molecule has 100 valence electrons. The van der Waals surface area contributed by atoms with Crippen molar-refractivity contribution in [1.29, 1.82) is 0 Å². The van der Waals surface area contributed by atoms with Gasteiger partial charge in [-0.1, -0.05) is 47.1 Å². The minimum absolute atomic E-state index is 0.0312. The third kappa shape index (κ3) is 4.78. The van der Waals surface area contributed by atoms with Gasteiger partial charge in [0.25, 0.3) is 0 Å². The molecule has 3 nitrogen and oxygen atoms in total. The van der Waals surface area contributed by atoms with E-state index in [2.05, 4.69) is 21.2 Å². The monoisotopic (exact) mass is 313 g/mol. The Kier molecular flexibility index (Phi) is 6.98. The van der Waals surface area contributed by atoms with Gasteiger partial charge in [0.05, 0.1) is 11.4 Å². The number of carbonyl (C=O) groups is 1. The van der Waals surface area contributed by atoms with Crippen LogP contribution in [0.15, 0.2) is 24.3 Å². The molecule has 0 aromatic heterocycles. The highest BCUT2D eigenvalue weighted by Crippen LogP contribution is 2.11. The lowest BCUT2D eigenvalue weighted by Gasteiger charge is -2.12. The SMILES string of the molecule is CCOCc1ccccc1CNC(=O)C(Br)CC. The second-order valence-electron chi connectivity index (χ2n) is 4.00. The lowest BCUT2D eigenvalue weighted by Crippen LogP contribution is -2.30. The Labute approximate surface area is 117 Å². The van der Waals surface area contributed by atoms with Crippen molar-refractivity contribution in [2.24, 2.45) is 0 Å². The van der Waals surface area contributed by atoms with Crippen LogP contribution in [0.4, 0.5) is 0 Å². The Morgan fingerprint density at radius 2 is 2.00 bits per heavy atom. The van der Waals surface area contributed by atoms with E-state index in [-0.39, 0.29) is 10.7 Å². The van der Waals surface area contributed by atoms with Gasteiger partial charge in [0.1, 0.15) is 0 Å². The summed E-state index contributed by atoms with van der Waals surface area (Å²) in [5.74, 6) is 0.0312. The summed E-state index contributed by atoms with van der Waals surface area (Å²) in [7, 11) is 0. The van der Waals surface area contributed by atoms with E-state index >= 15 is 0 Å². The lowest BCUT2D eigenvalue weighted by molar-refractivity contribution is -0.120. The van der Waals surface area contributed by atoms with Gasteiger partial charge in [-0.25, -0.2) is 0 Å². The first-order valence-corrected chi connectivity index (χ1v) is 7.16. The molecule has 0 saturated carbocycles. The maximum Gasteiger partial charge on any atom is 0.234 e. The number of carbonyl (C=O) groups excluding carboxylic acids is 1. The fourth-order valence-corrected chi connectivity index (χ4v) is 1.72. The van der Waals surface area contributed by atoms with Crippen LogP contribution in [0, 0.1) is 0 Å².